The van der Waals surface area contributed by atoms with E-state index < -0.39 is 10.0 Å². The molecule has 0 aliphatic heterocycles. The van der Waals surface area contributed by atoms with Crippen LogP contribution in [0.5, 0.6) is 0 Å². The van der Waals surface area contributed by atoms with Crippen molar-refractivity contribution in [3.8, 4) is 0 Å². The summed E-state index contributed by atoms with van der Waals surface area (Å²) in [6, 6.07) is 2.12. The molecule has 2 fully saturated rings. The van der Waals surface area contributed by atoms with Crippen molar-refractivity contribution in [2.75, 3.05) is 13.1 Å². The van der Waals surface area contributed by atoms with Gasteiger partial charge in [0.25, 0.3) is 10.0 Å². The lowest BCUT2D eigenvalue weighted by Crippen LogP contribution is -2.34. The van der Waals surface area contributed by atoms with E-state index in [1.54, 1.807) is 4.31 Å². The molecule has 118 valence electrons. The molecule has 0 saturated heterocycles. The number of thiophene rings is 1. The highest BCUT2D eigenvalue weighted by Crippen LogP contribution is 2.39. The number of hydrogen-bond donors (Lipinski definition) is 1. The molecule has 1 heterocycles. The first-order chi connectivity index (χ1) is 10.1. The zero-order valence-corrected chi connectivity index (χ0v) is 14.2. The number of nitrogens with zero attached hydrogens (tertiary/aromatic N) is 1. The van der Waals surface area contributed by atoms with Crippen LogP contribution in [0.25, 0.3) is 0 Å². The minimum atomic E-state index is -3.28. The molecule has 1 aromatic heterocycles. The third kappa shape index (κ3) is 3.86. The Bertz CT molecular complexity index is 574. The highest BCUT2D eigenvalue weighted by molar-refractivity contribution is 7.91. The molecule has 1 aromatic rings. The van der Waals surface area contributed by atoms with Gasteiger partial charge >= 0.3 is 0 Å². The average Bonchev–Trinajstić information content (AvgIpc) is 3.36. The Labute approximate surface area is 131 Å². The highest BCUT2D eigenvalue weighted by atomic mass is 32.2. The van der Waals surface area contributed by atoms with Crippen LogP contribution in [0.15, 0.2) is 15.7 Å². The normalized spacial score (nSPS) is 19.3. The van der Waals surface area contributed by atoms with E-state index in [1.165, 1.54) is 24.2 Å². The lowest BCUT2D eigenvalue weighted by atomic mass is 10.3. The fraction of sp³-hybridized carbons (Fsp3) is 0.733. The van der Waals surface area contributed by atoms with Gasteiger partial charge in [0.05, 0.1) is 0 Å². The Morgan fingerprint density at radius 1 is 1.33 bits per heavy atom. The van der Waals surface area contributed by atoms with E-state index in [9.17, 15) is 8.42 Å². The van der Waals surface area contributed by atoms with E-state index in [1.807, 2.05) is 11.4 Å². The van der Waals surface area contributed by atoms with Gasteiger partial charge in [-0.05, 0) is 61.6 Å². The third-order valence-corrected chi connectivity index (χ3v) is 7.42. The maximum absolute atomic E-state index is 12.8. The molecule has 0 radical (unpaired) electrons. The predicted molar refractivity (Wildman–Crippen MR) is 86.0 cm³/mol. The molecular formula is C15H24N2O2S2. The van der Waals surface area contributed by atoms with E-state index in [4.69, 9.17) is 0 Å². The van der Waals surface area contributed by atoms with Crippen molar-refractivity contribution in [3.05, 3.63) is 17.0 Å². The van der Waals surface area contributed by atoms with E-state index >= 15 is 0 Å². The number of rotatable bonds is 9. The summed E-state index contributed by atoms with van der Waals surface area (Å²) in [4.78, 5) is 0. The number of nitrogens with one attached hydrogen (secondary N) is 1. The molecule has 0 unspecified atom stereocenters. The first-order valence-electron chi connectivity index (χ1n) is 7.91. The maximum atomic E-state index is 12.8. The van der Waals surface area contributed by atoms with Crippen molar-refractivity contribution in [3.63, 3.8) is 0 Å². The Balaban J connectivity index is 1.70. The van der Waals surface area contributed by atoms with Gasteiger partial charge in [-0.1, -0.05) is 6.92 Å². The van der Waals surface area contributed by atoms with Crippen molar-refractivity contribution in [1.29, 1.82) is 0 Å². The van der Waals surface area contributed by atoms with Gasteiger partial charge in [-0.3, -0.25) is 0 Å². The minimum absolute atomic E-state index is 0.263. The van der Waals surface area contributed by atoms with Crippen molar-refractivity contribution < 1.29 is 8.42 Å². The molecule has 2 saturated carbocycles. The second-order valence-corrected chi connectivity index (χ2v) is 9.23. The lowest BCUT2D eigenvalue weighted by Gasteiger charge is -2.20. The molecule has 0 bridgehead atoms. The summed E-state index contributed by atoms with van der Waals surface area (Å²) in [5.41, 5.74) is 1.08. The molecule has 21 heavy (non-hydrogen) atoms. The molecule has 6 heteroatoms. The van der Waals surface area contributed by atoms with Crippen molar-refractivity contribution in [2.24, 2.45) is 5.92 Å². The van der Waals surface area contributed by atoms with E-state index in [-0.39, 0.29) is 6.04 Å². The zero-order chi connectivity index (χ0) is 14.9. The van der Waals surface area contributed by atoms with Crippen LogP contribution in [0, 0.1) is 5.92 Å². The van der Waals surface area contributed by atoms with E-state index in [0.717, 1.165) is 44.5 Å². The van der Waals surface area contributed by atoms with Crippen LogP contribution in [0.3, 0.4) is 0 Å². The molecule has 0 aromatic carbocycles. The largest absolute Gasteiger partial charge is 0.313 e. The van der Waals surface area contributed by atoms with Gasteiger partial charge < -0.3 is 5.32 Å². The van der Waals surface area contributed by atoms with Crippen LogP contribution < -0.4 is 5.32 Å². The molecule has 0 amide bonds. The van der Waals surface area contributed by atoms with Crippen LogP contribution in [0.1, 0.15) is 44.6 Å². The first-order valence-corrected chi connectivity index (χ1v) is 10.2. The topological polar surface area (TPSA) is 49.4 Å². The van der Waals surface area contributed by atoms with Crippen LogP contribution in [0.2, 0.25) is 0 Å². The van der Waals surface area contributed by atoms with Crippen molar-refractivity contribution in [1.82, 2.24) is 9.62 Å². The maximum Gasteiger partial charge on any atom is 0.252 e. The molecule has 3 rings (SSSR count). The number of hydrogen-bond acceptors (Lipinski definition) is 4. The average molecular weight is 329 g/mol. The third-order valence-electron chi connectivity index (χ3n) is 4.04. The van der Waals surface area contributed by atoms with Gasteiger partial charge in [0, 0.05) is 19.1 Å². The summed E-state index contributed by atoms with van der Waals surface area (Å²) in [6.45, 7) is 4.58. The Morgan fingerprint density at radius 3 is 2.71 bits per heavy atom. The summed E-state index contributed by atoms with van der Waals surface area (Å²) in [6.07, 6.45) is 5.53. The van der Waals surface area contributed by atoms with Gasteiger partial charge in [0.2, 0.25) is 0 Å². The van der Waals surface area contributed by atoms with Gasteiger partial charge in [-0.15, -0.1) is 11.3 Å². The fourth-order valence-electron chi connectivity index (χ4n) is 2.47. The quantitative estimate of drug-likeness (QED) is 0.709. The minimum Gasteiger partial charge on any atom is -0.313 e. The molecule has 2 aliphatic rings. The van der Waals surface area contributed by atoms with Crippen LogP contribution in [-0.2, 0) is 16.6 Å². The smallest absolute Gasteiger partial charge is 0.252 e. The Kier molecular flexibility index (Phi) is 4.69. The van der Waals surface area contributed by atoms with Crippen LogP contribution >= 0.6 is 11.3 Å². The fourth-order valence-corrected chi connectivity index (χ4v) is 5.57. The zero-order valence-electron chi connectivity index (χ0n) is 12.5. The lowest BCUT2D eigenvalue weighted by molar-refractivity contribution is 0.390. The summed E-state index contributed by atoms with van der Waals surface area (Å²) < 4.78 is 28.0. The Hall–Kier alpha value is -0.430. The molecular weight excluding hydrogens is 304 g/mol. The van der Waals surface area contributed by atoms with Gasteiger partial charge in [0.1, 0.15) is 4.21 Å². The van der Waals surface area contributed by atoms with Crippen molar-refractivity contribution >= 4 is 21.4 Å². The standard InChI is InChI=1S/C15H24N2O2S2/c1-2-7-16-9-13-8-15(20-11-13)21(18,19)17(14-5-6-14)10-12-3-4-12/h8,11-12,14,16H,2-7,9-10H2,1H3. The van der Waals surface area contributed by atoms with Crippen molar-refractivity contribution in [2.45, 2.75) is 55.8 Å². The molecule has 2 aliphatic carbocycles. The van der Waals surface area contributed by atoms with Crippen LogP contribution in [-0.4, -0.2) is 31.9 Å². The van der Waals surface area contributed by atoms with Gasteiger partial charge in [-0.2, -0.15) is 4.31 Å². The molecule has 0 spiro atoms. The van der Waals surface area contributed by atoms with Gasteiger partial charge in [0.15, 0.2) is 0 Å². The molecule has 1 N–H and O–H groups in total. The summed E-state index contributed by atoms with van der Waals surface area (Å²) >= 11 is 1.37. The monoisotopic (exact) mass is 328 g/mol. The Morgan fingerprint density at radius 2 is 2.10 bits per heavy atom. The second-order valence-electron chi connectivity index (χ2n) is 6.20. The first kappa shape index (κ1) is 15.5. The second kappa shape index (κ2) is 6.36. The SMILES string of the molecule is CCCNCc1csc(S(=O)(=O)N(CC2CC2)C2CC2)c1. The van der Waals surface area contributed by atoms with Gasteiger partial charge in [-0.25, -0.2) is 8.42 Å². The summed E-state index contributed by atoms with van der Waals surface area (Å²) in [5.74, 6) is 0.603. The highest BCUT2D eigenvalue weighted by Gasteiger charge is 2.41. The predicted octanol–water partition coefficient (Wildman–Crippen LogP) is 2.81. The molecule has 4 nitrogen and oxygen atoms in total. The van der Waals surface area contributed by atoms with E-state index in [0.29, 0.717) is 10.1 Å². The molecule has 0 atom stereocenters. The van der Waals surface area contributed by atoms with Crippen LogP contribution in [0.4, 0.5) is 0 Å². The summed E-state index contributed by atoms with van der Waals surface area (Å²) in [5, 5.41) is 5.29. The van der Waals surface area contributed by atoms with E-state index in [2.05, 4.69) is 12.2 Å². The number of sulfonamides is 1. The summed E-state index contributed by atoms with van der Waals surface area (Å²) in [7, 11) is -3.28.